The Labute approximate surface area is 289 Å². The summed E-state index contributed by atoms with van der Waals surface area (Å²) in [6, 6.07) is 53.8. The SMILES string of the molecule is C1=CCCC(n2c3ccccc3c3cc4c(cc32)c2ccccc2n4-c2cccc(-c3cc(-c4ccccc4)cc(-c4ccccc4)n3)n2)=C1. The summed E-state index contributed by atoms with van der Waals surface area (Å²) in [5, 5.41) is 4.93. The lowest BCUT2D eigenvalue weighted by Gasteiger charge is -2.14. The summed E-state index contributed by atoms with van der Waals surface area (Å²) in [4.78, 5) is 10.5. The second-order valence-electron chi connectivity index (χ2n) is 13.0. The molecule has 0 radical (unpaired) electrons. The van der Waals surface area contributed by atoms with E-state index in [9.17, 15) is 0 Å². The quantitative estimate of drug-likeness (QED) is 0.188. The normalized spacial score (nSPS) is 13.1. The molecule has 0 amide bonds. The van der Waals surface area contributed by atoms with Crippen LogP contribution in [0.3, 0.4) is 0 Å². The molecule has 0 bridgehead atoms. The Morgan fingerprint density at radius 2 is 1.04 bits per heavy atom. The van der Waals surface area contributed by atoms with Crippen molar-refractivity contribution in [2.24, 2.45) is 0 Å². The smallest absolute Gasteiger partial charge is 0.138 e. The largest absolute Gasteiger partial charge is 0.313 e. The molecule has 1 aliphatic rings. The van der Waals surface area contributed by atoms with Gasteiger partial charge in [-0.15, -0.1) is 0 Å². The Hall–Kier alpha value is -6.52. The first kappa shape index (κ1) is 28.5. The summed E-state index contributed by atoms with van der Waals surface area (Å²) in [6.07, 6.45) is 8.78. The van der Waals surface area contributed by atoms with Crippen LogP contribution in [0.15, 0.2) is 170 Å². The molecule has 4 nitrogen and oxygen atoms in total. The van der Waals surface area contributed by atoms with E-state index >= 15 is 0 Å². The predicted octanol–water partition coefficient (Wildman–Crippen LogP) is 11.9. The fourth-order valence-electron chi connectivity index (χ4n) is 7.67. The monoisotopic (exact) mass is 640 g/mol. The van der Waals surface area contributed by atoms with Gasteiger partial charge in [0.15, 0.2) is 0 Å². The van der Waals surface area contributed by atoms with Crippen molar-refractivity contribution >= 4 is 49.3 Å². The summed E-state index contributed by atoms with van der Waals surface area (Å²) in [7, 11) is 0. The lowest BCUT2D eigenvalue weighted by molar-refractivity contribution is 0.979. The van der Waals surface area contributed by atoms with Crippen LogP contribution in [-0.4, -0.2) is 19.1 Å². The third-order valence-corrected chi connectivity index (χ3v) is 9.97. The molecule has 1 aliphatic carbocycles. The average molecular weight is 641 g/mol. The highest BCUT2D eigenvalue weighted by atomic mass is 15.1. The molecule has 0 atom stereocenters. The van der Waals surface area contributed by atoms with E-state index in [-0.39, 0.29) is 0 Å². The van der Waals surface area contributed by atoms with Gasteiger partial charge in [-0.05, 0) is 78.6 Å². The number of allylic oxidation sites excluding steroid dienone is 4. The van der Waals surface area contributed by atoms with Crippen LogP contribution in [0.5, 0.6) is 0 Å². The molecule has 0 N–H and O–H groups in total. The van der Waals surface area contributed by atoms with Gasteiger partial charge in [-0.1, -0.05) is 115 Å². The third kappa shape index (κ3) is 4.61. The number of para-hydroxylation sites is 2. The molecular weight excluding hydrogens is 609 g/mol. The Balaban J connectivity index is 1.21. The number of benzene rings is 5. The number of hydrogen-bond acceptors (Lipinski definition) is 2. The zero-order valence-corrected chi connectivity index (χ0v) is 27.4. The molecule has 9 aromatic rings. The minimum Gasteiger partial charge on any atom is -0.313 e. The van der Waals surface area contributed by atoms with E-state index in [0.717, 1.165) is 63.5 Å². The van der Waals surface area contributed by atoms with E-state index in [1.54, 1.807) is 0 Å². The molecule has 0 saturated carbocycles. The Morgan fingerprint density at radius 3 is 1.74 bits per heavy atom. The third-order valence-electron chi connectivity index (χ3n) is 9.97. The lowest BCUT2D eigenvalue weighted by Crippen LogP contribution is -2.00. The zero-order valence-electron chi connectivity index (χ0n) is 27.4. The zero-order chi connectivity index (χ0) is 33.0. The van der Waals surface area contributed by atoms with Crippen molar-refractivity contribution in [2.45, 2.75) is 12.8 Å². The first-order valence-electron chi connectivity index (χ1n) is 17.2. The first-order valence-corrected chi connectivity index (χ1v) is 17.2. The summed E-state index contributed by atoms with van der Waals surface area (Å²) >= 11 is 0. The van der Waals surface area contributed by atoms with Crippen molar-refractivity contribution < 1.29 is 0 Å². The van der Waals surface area contributed by atoms with Gasteiger partial charge in [0, 0.05) is 32.8 Å². The summed E-state index contributed by atoms with van der Waals surface area (Å²) in [6.45, 7) is 0. The number of fused-ring (bicyclic) bond motifs is 6. The Bertz CT molecular complexity index is 2740. The molecule has 0 unspecified atom stereocenters. The molecule has 0 aliphatic heterocycles. The molecular formula is C46H32N4. The van der Waals surface area contributed by atoms with Crippen LogP contribution in [0.1, 0.15) is 12.8 Å². The average Bonchev–Trinajstić information content (AvgIpc) is 3.70. The van der Waals surface area contributed by atoms with Gasteiger partial charge in [0.05, 0.1) is 39.1 Å². The van der Waals surface area contributed by atoms with Crippen molar-refractivity contribution in [3.05, 3.63) is 170 Å². The molecule has 10 rings (SSSR count). The second-order valence-corrected chi connectivity index (χ2v) is 13.0. The molecule has 5 aromatic carbocycles. The van der Waals surface area contributed by atoms with Crippen LogP contribution >= 0.6 is 0 Å². The van der Waals surface area contributed by atoms with Crippen LogP contribution in [0.4, 0.5) is 0 Å². The fourth-order valence-corrected chi connectivity index (χ4v) is 7.67. The van der Waals surface area contributed by atoms with E-state index in [4.69, 9.17) is 9.97 Å². The predicted molar refractivity (Wildman–Crippen MR) is 208 cm³/mol. The van der Waals surface area contributed by atoms with E-state index in [1.165, 1.54) is 38.3 Å². The van der Waals surface area contributed by atoms with Gasteiger partial charge < -0.3 is 4.57 Å². The molecule has 4 heterocycles. The molecule has 4 heteroatoms. The Morgan fingerprint density at radius 1 is 0.420 bits per heavy atom. The van der Waals surface area contributed by atoms with Gasteiger partial charge in [0.25, 0.3) is 0 Å². The topological polar surface area (TPSA) is 35.6 Å². The number of pyridine rings is 2. The highest BCUT2D eigenvalue weighted by Crippen LogP contribution is 2.40. The van der Waals surface area contributed by atoms with E-state index in [2.05, 4.69) is 173 Å². The van der Waals surface area contributed by atoms with Crippen molar-refractivity contribution in [2.75, 3.05) is 0 Å². The standard InChI is InChI=1S/C46H32N4/c1-4-15-31(16-5-1)33-27-40(32-17-6-2-7-18-32)47-41(28-33)39-23-14-26-46(48-39)50-43-25-13-11-22-36(43)38-29-44-37(30-45(38)50)35-21-10-12-24-42(35)49(44)34-19-8-3-9-20-34/h1-8,10-19,21-30H,9,20H2. The first-order chi connectivity index (χ1) is 24.8. The van der Waals surface area contributed by atoms with Crippen molar-refractivity contribution in [1.29, 1.82) is 0 Å². The molecule has 50 heavy (non-hydrogen) atoms. The van der Waals surface area contributed by atoms with Crippen LogP contribution < -0.4 is 0 Å². The van der Waals surface area contributed by atoms with Crippen molar-refractivity contribution in [1.82, 2.24) is 19.1 Å². The minimum absolute atomic E-state index is 0.832. The maximum atomic E-state index is 5.35. The van der Waals surface area contributed by atoms with E-state index in [1.807, 2.05) is 6.07 Å². The van der Waals surface area contributed by atoms with Crippen LogP contribution in [0.2, 0.25) is 0 Å². The van der Waals surface area contributed by atoms with Gasteiger partial charge in [0.1, 0.15) is 5.82 Å². The molecule has 4 aromatic heterocycles. The van der Waals surface area contributed by atoms with E-state index < -0.39 is 0 Å². The van der Waals surface area contributed by atoms with Gasteiger partial charge >= 0.3 is 0 Å². The highest BCUT2D eigenvalue weighted by Gasteiger charge is 2.20. The van der Waals surface area contributed by atoms with Gasteiger partial charge in [0.2, 0.25) is 0 Å². The number of nitrogens with zero attached hydrogens (tertiary/aromatic N) is 4. The van der Waals surface area contributed by atoms with Crippen molar-refractivity contribution in [3.63, 3.8) is 0 Å². The fraction of sp³-hybridized carbons (Fsp3) is 0.0435. The van der Waals surface area contributed by atoms with Crippen LogP contribution in [-0.2, 0) is 0 Å². The maximum Gasteiger partial charge on any atom is 0.138 e. The summed E-state index contributed by atoms with van der Waals surface area (Å²) in [5.74, 6) is 0.866. The van der Waals surface area contributed by atoms with Crippen LogP contribution in [0.25, 0.3) is 88.9 Å². The molecule has 236 valence electrons. The number of hydrogen-bond donors (Lipinski definition) is 0. The second kappa shape index (κ2) is 11.6. The highest BCUT2D eigenvalue weighted by molar-refractivity contribution is 6.19. The number of rotatable bonds is 5. The lowest BCUT2D eigenvalue weighted by atomic mass is 10.0. The summed E-state index contributed by atoms with van der Waals surface area (Å²) < 4.78 is 4.79. The van der Waals surface area contributed by atoms with Gasteiger partial charge in [-0.25, -0.2) is 9.97 Å². The minimum atomic E-state index is 0.832. The van der Waals surface area contributed by atoms with Crippen LogP contribution in [0, 0.1) is 0 Å². The maximum absolute atomic E-state index is 5.35. The molecule has 0 spiro atoms. The summed E-state index contributed by atoms with van der Waals surface area (Å²) in [5.41, 5.74) is 12.0. The van der Waals surface area contributed by atoms with Crippen molar-refractivity contribution in [3.8, 4) is 39.6 Å². The Kier molecular flexibility index (Phi) is 6.59. The number of aromatic nitrogens is 4. The van der Waals surface area contributed by atoms with Gasteiger partial charge in [-0.3, -0.25) is 4.57 Å². The van der Waals surface area contributed by atoms with E-state index in [0.29, 0.717) is 0 Å². The molecule has 0 fully saturated rings. The molecule has 0 saturated heterocycles. The van der Waals surface area contributed by atoms with Gasteiger partial charge in [-0.2, -0.15) is 0 Å².